The molecular weight excluding hydrogens is 229 g/mol. The number of nitrogens with zero attached hydrogens (tertiary/aromatic N) is 1. The summed E-state index contributed by atoms with van der Waals surface area (Å²) in [5.74, 6) is -0.419. The van der Waals surface area contributed by atoms with Crippen molar-refractivity contribution in [3.8, 4) is 0 Å². The Balaban J connectivity index is 3.23. The van der Waals surface area contributed by atoms with Crippen molar-refractivity contribution in [1.29, 1.82) is 0 Å². The lowest BCUT2D eigenvalue weighted by molar-refractivity contribution is 0.146. The van der Waals surface area contributed by atoms with Gasteiger partial charge in [-0.1, -0.05) is 0 Å². The van der Waals surface area contributed by atoms with E-state index >= 15 is 0 Å². The lowest BCUT2D eigenvalue weighted by atomic mass is 10.7. The maximum atomic E-state index is 10.1. The molecule has 74 valence electrons. The standard InChI is InChI=1S/C4H9Cl2NO4S/c5-7(6)1-2-11-3-4-12(8,9)10/h1-4H2,(H,8,9,10). The first-order valence-electron chi connectivity index (χ1n) is 3.04. The van der Waals surface area contributed by atoms with E-state index in [-0.39, 0.29) is 19.8 Å². The van der Waals surface area contributed by atoms with E-state index in [1.807, 2.05) is 0 Å². The summed E-state index contributed by atoms with van der Waals surface area (Å²) in [5.41, 5.74) is 0. The monoisotopic (exact) mass is 237 g/mol. The zero-order chi connectivity index (χ0) is 9.61. The molecule has 0 unspecified atom stereocenters. The summed E-state index contributed by atoms with van der Waals surface area (Å²) in [6.07, 6.45) is 0. The minimum absolute atomic E-state index is 0.0690. The molecule has 0 bridgehead atoms. The lowest BCUT2D eigenvalue weighted by Crippen LogP contribution is -2.14. The van der Waals surface area contributed by atoms with E-state index in [4.69, 9.17) is 32.8 Å². The van der Waals surface area contributed by atoms with Crippen LogP contribution >= 0.6 is 23.6 Å². The Labute approximate surface area is 81.2 Å². The minimum atomic E-state index is -3.93. The molecule has 0 spiro atoms. The van der Waals surface area contributed by atoms with Crippen LogP contribution < -0.4 is 0 Å². The van der Waals surface area contributed by atoms with E-state index in [9.17, 15) is 8.42 Å². The molecule has 0 saturated heterocycles. The molecule has 0 aromatic rings. The summed E-state index contributed by atoms with van der Waals surface area (Å²) in [6.45, 7) is 0.414. The highest BCUT2D eigenvalue weighted by atomic mass is 35.5. The van der Waals surface area contributed by atoms with Crippen LogP contribution in [-0.4, -0.2) is 42.4 Å². The first kappa shape index (κ1) is 12.4. The first-order chi connectivity index (χ1) is 5.42. The number of hydrogen-bond donors (Lipinski definition) is 1. The van der Waals surface area contributed by atoms with Gasteiger partial charge in [-0.15, -0.1) is 3.94 Å². The molecule has 0 fully saturated rings. The molecule has 0 aliphatic rings. The van der Waals surface area contributed by atoms with E-state index in [2.05, 4.69) is 0 Å². The summed E-state index contributed by atoms with van der Waals surface area (Å²) in [7, 11) is -3.93. The number of ether oxygens (including phenoxy) is 1. The van der Waals surface area contributed by atoms with Gasteiger partial charge >= 0.3 is 0 Å². The molecule has 0 amide bonds. The molecule has 0 heterocycles. The summed E-state index contributed by atoms with van der Waals surface area (Å²) in [4.78, 5) is 0. The smallest absolute Gasteiger partial charge is 0.267 e. The predicted molar refractivity (Wildman–Crippen MR) is 45.6 cm³/mol. The van der Waals surface area contributed by atoms with Crippen molar-refractivity contribution >= 4 is 33.7 Å². The summed E-state index contributed by atoms with van der Waals surface area (Å²) in [5, 5.41) is 0. The van der Waals surface area contributed by atoms with Crippen LogP contribution in [0.5, 0.6) is 0 Å². The number of rotatable bonds is 6. The topological polar surface area (TPSA) is 66.8 Å². The Morgan fingerprint density at radius 1 is 1.33 bits per heavy atom. The van der Waals surface area contributed by atoms with Crippen LogP contribution in [-0.2, 0) is 14.9 Å². The van der Waals surface area contributed by atoms with E-state index in [1.165, 1.54) is 0 Å². The van der Waals surface area contributed by atoms with Crippen molar-refractivity contribution in [2.24, 2.45) is 0 Å². The molecule has 12 heavy (non-hydrogen) atoms. The second kappa shape index (κ2) is 5.95. The molecule has 1 N–H and O–H groups in total. The van der Waals surface area contributed by atoms with Gasteiger partial charge in [0.1, 0.15) is 0 Å². The van der Waals surface area contributed by atoms with Crippen LogP contribution in [0.4, 0.5) is 0 Å². The van der Waals surface area contributed by atoms with Crippen molar-refractivity contribution in [2.45, 2.75) is 0 Å². The van der Waals surface area contributed by atoms with Gasteiger partial charge < -0.3 is 4.74 Å². The highest BCUT2D eigenvalue weighted by Gasteiger charge is 2.03. The molecule has 0 aromatic carbocycles. The molecular formula is C4H9Cl2NO4S. The van der Waals surface area contributed by atoms with Crippen LogP contribution in [0.25, 0.3) is 0 Å². The van der Waals surface area contributed by atoms with Gasteiger partial charge in [-0.05, 0) is 23.6 Å². The largest absolute Gasteiger partial charge is 0.379 e. The molecule has 0 atom stereocenters. The molecule has 8 heteroatoms. The molecule has 5 nitrogen and oxygen atoms in total. The van der Waals surface area contributed by atoms with Crippen LogP contribution in [0.3, 0.4) is 0 Å². The van der Waals surface area contributed by atoms with Gasteiger partial charge in [0.05, 0.1) is 25.5 Å². The van der Waals surface area contributed by atoms with Crippen LogP contribution in [0.15, 0.2) is 0 Å². The third kappa shape index (κ3) is 10.4. The van der Waals surface area contributed by atoms with E-state index < -0.39 is 15.9 Å². The van der Waals surface area contributed by atoms with Gasteiger partial charge in [0, 0.05) is 0 Å². The molecule has 0 aliphatic carbocycles. The average molecular weight is 238 g/mol. The zero-order valence-electron chi connectivity index (χ0n) is 6.11. The van der Waals surface area contributed by atoms with E-state index in [0.29, 0.717) is 0 Å². The lowest BCUT2D eigenvalue weighted by Gasteiger charge is -2.04. The van der Waals surface area contributed by atoms with E-state index in [1.54, 1.807) is 0 Å². The maximum absolute atomic E-state index is 10.1. The first-order valence-corrected chi connectivity index (χ1v) is 5.32. The van der Waals surface area contributed by atoms with Gasteiger partial charge in [0.2, 0.25) is 0 Å². The second-order valence-corrected chi connectivity index (χ2v) is 4.49. The molecule has 0 aromatic heterocycles. The normalized spacial score (nSPS) is 12.3. The summed E-state index contributed by atoms with van der Waals surface area (Å²) in [6, 6.07) is 0. The zero-order valence-corrected chi connectivity index (χ0v) is 8.44. The second-order valence-electron chi connectivity index (χ2n) is 1.92. The molecule has 0 aliphatic heterocycles. The molecule has 0 saturated carbocycles. The fraction of sp³-hybridized carbons (Fsp3) is 1.00. The molecule has 0 rings (SSSR count). The predicted octanol–water partition coefficient (Wildman–Crippen LogP) is 0.500. The van der Waals surface area contributed by atoms with Gasteiger partial charge in [-0.25, -0.2) is 0 Å². The number of halogens is 2. The Morgan fingerprint density at radius 2 is 1.92 bits per heavy atom. The van der Waals surface area contributed by atoms with Crippen LogP contribution in [0, 0.1) is 0 Å². The fourth-order valence-corrected chi connectivity index (χ4v) is 0.866. The van der Waals surface area contributed by atoms with Crippen LogP contribution in [0.1, 0.15) is 0 Å². The van der Waals surface area contributed by atoms with Gasteiger partial charge in [-0.3, -0.25) is 4.55 Å². The van der Waals surface area contributed by atoms with Crippen molar-refractivity contribution in [1.82, 2.24) is 3.94 Å². The maximum Gasteiger partial charge on any atom is 0.267 e. The molecule has 0 radical (unpaired) electrons. The third-order valence-electron chi connectivity index (χ3n) is 0.890. The Morgan fingerprint density at radius 3 is 2.33 bits per heavy atom. The van der Waals surface area contributed by atoms with Crippen molar-refractivity contribution in [3.63, 3.8) is 0 Å². The van der Waals surface area contributed by atoms with Gasteiger partial charge in [-0.2, -0.15) is 8.42 Å². The Kier molecular flexibility index (Phi) is 6.16. The Bertz CT molecular complexity index is 205. The van der Waals surface area contributed by atoms with E-state index in [0.717, 1.165) is 3.94 Å². The third-order valence-corrected chi connectivity index (χ3v) is 1.91. The van der Waals surface area contributed by atoms with Gasteiger partial charge in [0.15, 0.2) is 0 Å². The van der Waals surface area contributed by atoms with Gasteiger partial charge in [0.25, 0.3) is 10.1 Å². The average Bonchev–Trinajstić information content (AvgIpc) is 1.83. The highest BCUT2D eigenvalue weighted by molar-refractivity contribution is 7.85. The highest BCUT2D eigenvalue weighted by Crippen LogP contribution is 1.96. The van der Waals surface area contributed by atoms with Crippen molar-refractivity contribution < 1.29 is 17.7 Å². The van der Waals surface area contributed by atoms with Crippen molar-refractivity contribution in [3.05, 3.63) is 0 Å². The SMILES string of the molecule is O=S(=O)(O)CCOCCN(Cl)Cl. The quantitative estimate of drug-likeness (QED) is 0.414. The Hall–Kier alpha value is 0.410. The number of hydrogen-bond acceptors (Lipinski definition) is 4. The van der Waals surface area contributed by atoms with Crippen molar-refractivity contribution in [2.75, 3.05) is 25.5 Å². The summed E-state index contributed by atoms with van der Waals surface area (Å²) >= 11 is 10.4. The summed E-state index contributed by atoms with van der Waals surface area (Å²) < 4.78 is 34.2. The minimum Gasteiger partial charge on any atom is -0.379 e. The fourth-order valence-electron chi connectivity index (χ4n) is 0.400. The van der Waals surface area contributed by atoms with Crippen LogP contribution in [0.2, 0.25) is 0 Å².